The summed E-state index contributed by atoms with van der Waals surface area (Å²) in [6, 6.07) is 19.2. The van der Waals surface area contributed by atoms with Crippen LogP contribution in [0.15, 0.2) is 60.7 Å². The van der Waals surface area contributed by atoms with Crippen molar-refractivity contribution in [3.8, 4) is 0 Å². The molecule has 2 aromatic rings. The summed E-state index contributed by atoms with van der Waals surface area (Å²) in [4.78, 5) is 11.0. The Hall–Kier alpha value is -2.36. The standard InChI is InChI=1S/C23H27NO7/c1-23(2)30-21-20(28-15-17-11-7-4-8-12-17)19(29-22(21)31-23)18(13-24(25)26)27-14-16-9-5-3-6-10-16/h3-12,18-22H,13-15H2,1-2H3/t18-,19-,20+,21-,22-/m1/s1. The highest BCUT2D eigenvalue weighted by Gasteiger charge is 2.58. The van der Waals surface area contributed by atoms with Gasteiger partial charge in [-0.2, -0.15) is 0 Å². The van der Waals surface area contributed by atoms with Crippen molar-refractivity contribution < 1.29 is 28.6 Å². The summed E-state index contributed by atoms with van der Waals surface area (Å²) in [5, 5.41) is 11.4. The molecule has 0 N–H and O–H groups in total. The lowest BCUT2D eigenvalue weighted by Gasteiger charge is -2.29. The number of nitro groups is 1. The molecular weight excluding hydrogens is 402 g/mol. The van der Waals surface area contributed by atoms with E-state index < -0.39 is 48.0 Å². The van der Waals surface area contributed by atoms with E-state index >= 15 is 0 Å². The predicted molar refractivity (Wildman–Crippen MR) is 111 cm³/mol. The van der Waals surface area contributed by atoms with Gasteiger partial charge in [0.15, 0.2) is 18.2 Å². The van der Waals surface area contributed by atoms with Crippen molar-refractivity contribution in [2.24, 2.45) is 0 Å². The van der Waals surface area contributed by atoms with Crippen molar-refractivity contribution in [1.82, 2.24) is 0 Å². The summed E-state index contributed by atoms with van der Waals surface area (Å²) >= 11 is 0. The van der Waals surface area contributed by atoms with Gasteiger partial charge in [-0.15, -0.1) is 0 Å². The van der Waals surface area contributed by atoms with Crippen LogP contribution in [0, 0.1) is 10.1 Å². The summed E-state index contributed by atoms with van der Waals surface area (Å²) in [6.07, 6.45) is -3.28. The SMILES string of the molecule is CC1(C)O[C@H]2O[C@H]([C@@H](C[N+](=O)[O-])OCc3ccccc3)[C@H](OCc3ccccc3)[C@H]2O1. The third kappa shape index (κ3) is 5.47. The Morgan fingerprint density at radius 1 is 1.00 bits per heavy atom. The smallest absolute Gasteiger partial charge is 0.232 e. The zero-order valence-corrected chi connectivity index (χ0v) is 17.6. The van der Waals surface area contributed by atoms with Crippen LogP contribution in [0.1, 0.15) is 25.0 Å². The third-order valence-corrected chi connectivity index (χ3v) is 5.31. The van der Waals surface area contributed by atoms with Crippen molar-refractivity contribution in [3.05, 3.63) is 81.9 Å². The van der Waals surface area contributed by atoms with Crippen molar-refractivity contribution >= 4 is 0 Å². The number of benzene rings is 2. The highest BCUT2D eigenvalue weighted by molar-refractivity contribution is 5.14. The molecule has 0 spiro atoms. The van der Waals surface area contributed by atoms with Crippen LogP contribution in [0.5, 0.6) is 0 Å². The van der Waals surface area contributed by atoms with Gasteiger partial charge in [0.25, 0.3) is 0 Å². The van der Waals surface area contributed by atoms with E-state index in [1.807, 2.05) is 60.7 Å². The van der Waals surface area contributed by atoms with Crippen LogP contribution in [0.2, 0.25) is 0 Å². The summed E-state index contributed by atoms with van der Waals surface area (Å²) in [5.74, 6) is -0.821. The van der Waals surface area contributed by atoms with Crippen LogP contribution in [0.3, 0.4) is 0 Å². The third-order valence-electron chi connectivity index (χ3n) is 5.31. The maximum Gasteiger partial charge on any atom is 0.232 e. The van der Waals surface area contributed by atoms with Gasteiger partial charge in [0.2, 0.25) is 6.54 Å². The molecule has 4 rings (SSSR count). The normalized spacial score (nSPS) is 27.7. The second-order valence-electron chi connectivity index (χ2n) is 8.18. The predicted octanol–water partition coefficient (Wildman–Crippen LogP) is 3.31. The molecule has 8 heteroatoms. The van der Waals surface area contributed by atoms with Crippen LogP contribution in [0.4, 0.5) is 0 Å². The molecule has 0 saturated carbocycles. The molecule has 0 amide bonds. The average Bonchev–Trinajstić information content (AvgIpc) is 3.22. The molecule has 0 aliphatic carbocycles. The molecule has 31 heavy (non-hydrogen) atoms. The Morgan fingerprint density at radius 2 is 1.61 bits per heavy atom. The lowest BCUT2D eigenvalue weighted by atomic mass is 10.0. The molecule has 0 unspecified atom stereocenters. The molecule has 0 aromatic heterocycles. The fourth-order valence-electron chi connectivity index (χ4n) is 3.94. The van der Waals surface area contributed by atoms with Gasteiger partial charge in [0.05, 0.1) is 13.2 Å². The molecule has 166 valence electrons. The fraction of sp³-hybridized carbons (Fsp3) is 0.478. The molecule has 2 aliphatic rings. The Labute approximate surface area is 181 Å². The quantitative estimate of drug-likeness (QED) is 0.446. The molecule has 2 saturated heterocycles. The molecule has 0 bridgehead atoms. The van der Waals surface area contributed by atoms with Gasteiger partial charge in [-0.1, -0.05) is 60.7 Å². The van der Waals surface area contributed by atoms with Gasteiger partial charge in [0, 0.05) is 4.92 Å². The molecule has 8 nitrogen and oxygen atoms in total. The Balaban J connectivity index is 1.51. The number of rotatable bonds is 9. The van der Waals surface area contributed by atoms with Crippen molar-refractivity contribution in [1.29, 1.82) is 0 Å². The number of nitrogens with zero attached hydrogens (tertiary/aromatic N) is 1. The lowest BCUT2D eigenvalue weighted by molar-refractivity contribution is -0.495. The van der Waals surface area contributed by atoms with Crippen LogP contribution in [-0.4, -0.2) is 48.0 Å². The maximum atomic E-state index is 11.4. The van der Waals surface area contributed by atoms with Gasteiger partial charge in [0.1, 0.15) is 18.3 Å². The van der Waals surface area contributed by atoms with Crippen molar-refractivity contribution in [2.75, 3.05) is 6.54 Å². The molecule has 5 atom stereocenters. The minimum absolute atomic E-state index is 0.229. The van der Waals surface area contributed by atoms with Gasteiger partial charge in [-0.3, -0.25) is 10.1 Å². The zero-order chi connectivity index (χ0) is 21.8. The monoisotopic (exact) mass is 429 g/mol. The number of ether oxygens (including phenoxy) is 5. The highest BCUT2D eigenvalue weighted by Crippen LogP contribution is 2.40. The zero-order valence-electron chi connectivity index (χ0n) is 17.6. The van der Waals surface area contributed by atoms with E-state index in [9.17, 15) is 10.1 Å². The molecule has 2 heterocycles. The Morgan fingerprint density at radius 3 is 2.23 bits per heavy atom. The van der Waals surface area contributed by atoms with Gasteiger partial charge >= 0.3 is 0 Å². The van der Waals surface area contributed by atoms with Crippen molar-refractivity contribution in [3.63, 3.8) is 0 Å². The lowest BCUT2D eigenvalue weighted by Crippen LogP contribution is -2.46. The first-order chi connectivity index (χ1) is 14.9. The second kappa shape index (κ2) is 9.42. The fourth-order valence-corrected chi connectivity index (χ4v) is 3.94. The van der Waals surface area contributed by atoms with E-state index in [-0.39, 0.29) is 6.61 Å². The van der Waals surface area contributed by atoms with Gasteiger partial charge in [-0.25, -0.2) is 0 Å². The number of fused-ring (bicyclic) bond motifs is 1. The molecule has 0 radical (unpaired) electrons. The Bertz CT molecular complexity index is 861. The van der Waals surface area contributed by atoms with Crippen molar-refractivity contribution in [2.45, 2.75) is 63.6 Å². The van der Waals surface area contributed by atoms with Crippen LogP contribution in [-0.2, 0) is 36.9 Å². The minimum atomic E-state index is -0.822. The first-order valence-electron chi connectivity index (χ1n) is 10.4. The van der Waals surface area contributed by atoms with E-state index in [1.54, 1.807) is 13.8 Å². The molecule has 2 aromatic carbocycles. The highest BCUT2D eigenvalue weighted by atomic mass is 16.8. The molecule has 2 fully saturated rings. The summed E-state index contributed by atoms with van der Waals surface area (Å²) in [6.45, 7) is 3.75. The first-order valence-corrected chi connectivity index (χ1v) is 10.4. The number of hydrogen-bond acceptors (Lipinski definition) is 7. The second-order valence-corrected chi connectivity index (χ2v) is 8.18. The van der Waals surface area contributed by atoms with E-state index in [0.29, 0.717) is 6.61 Å². The molecular formula is C23H27NO7. The van der Waals surface area contributed by atoms with Crippen LogP contribution >= 0.6 is 0 Å². The summed E-state index contributed by atoms with van der Waals surface area (Å²) in [5.41, 5.74) is 1.91. The molecule has 2 aliphatic heterocycles. The minimum Gasteiger partial charge on any atom is -0.368 e. The van der Waals surface area contributed by atoms with Gasteiger partial charge in [-0.05, 0) is 25.0 Å². The van der Waals surface area contributed by atoms with E-state index in [1.165, 1.54) is 0 Å². The first kappa shape index (κ1) is 21.9. The summed E-state index contributed by atoms with van der Waals surface area (Å²) in [7, 11) is 0. The maximum absolute atomic E-state index is 11.4. The Kier molecular flexibility index (Phi) is 6.64. The number of hydrogen-bond donors (Lipinski definition) is 0. The van der Waals surface area contributed by atoms with E-state index in [0.717, 1.165) is 11.1 Å². The van der Waals surface area contributed by atoms with Crippen LogP contribution < -0.4 is 0 Å². The summed E-state index contributed by atoms with van der Waals surface area (Å²) < 4.78 is 30.1. The van der Waals surface area contributed by atoms with E-state index in [4.69, 9.17) is 23.7 Å². The average molecular weight is 429 g/mol. The van der Waals surface area contributed by atoms with Gasteiger partial charge < -0.3 is 23.7 Å². The largest absolute Gasteiger partial charge is 0.368 e. The topological polar surface area (TPSA) is 89.3 Å². The van der Waals surface area contributed by atoms with E-state index in [2.05, 4.69) is 0 Å². The van der Waals surface area contributed by atoms with Crippen LogP contribution in [0.25, 0.3) is 0 Å².